The molecule has 1 N–H and O–H groups in total. The molecule has 0 aromatic rings. The van der Waals surface area contributed by atoms with Crippen LogP contribution in [0, 0.1) is 0 Å². The van der Waals surface area contributed by atoms with Crippen molar-refractivity contribution in [1.29, 1.82) is 0 Å². The van der Waals surface area contributed by atoms with Crippen molar-refractivity contribution in [2.75, 3.05) is 25.5 Å². The minimum atomic E-state index is -1.97. The number of aldehydes is 1. The summed E-state index contributed by atoms with van der Waals surface area (Å²) in [5.41, 5.74) is 0. The van der Waals surface area contributed by atoms with Crippen LogP contribution in [0.1, 0.15) is 6.42 Å². The highest BCUT2D eigenvalue weighted by Gasteiger charge is 2.46. The van der Waals surface area contributed by atoms with E-state index in [1.807, 2.05) is 0 Å². The highest BCUT2D eigenvalue weighted by molar-refractivity contribution is 7.79. The summed E-state index contributed by atoms with van der Waals surface area (Å²) in [5, 5.41) is 0. The maximum atomic E-state index is 12.4. The number of hydrogen-bond acceptors (Lipinski definition) is 6. The molecule has 3 amide bonds. The van der Waals surface area contributed by atoms with Crippen molar-refractivity contribution in [2.24, 2.45) is 0 Å². The summed E-state index contributed by atoms with van der Waals surface area (Å²) in [6.07, 6.45) is 2.91. The van der Waals surface area contributed by atoms with E-state index < -0.39 is 40.9 Å². The Hall–Kier alpha value is -1.91. The molecule has 1 fully saturated rings. The molecule has 0 aliphatic carbocycles. The van der Waals surface area contributed by atoms with Gasteiger partial charge in [0.15, 0.2) is 11.1 Å². The van der Waals surface area contributed by atoms with Crippen LogP contribution in [0.2, 0.25) is 0 Å². The molecule has 9 nitrogen and oxygen atoms in total. The SMILES string of the molecule is O=CCN1C(=O)C(N2C(=O)C=CC2=O)CC1COCCS(=O)O. The summed E-state index contributed by atoms with van der Waals surface area (Å²) in [4.78, 5) is 48.7. The first kappa shape index (κ1) is 17.4. The summed E-state index contributed by atoms with van der Waals surface area (Å²) < 4.78 is 24.5. The van der Waals surface area contributed by atoms with Gasteiger partial charge in [0, 0.05) is 18.6 Å². The highest BCUT2D eigenvalue weighted by Crippen LogP contribution is 2.25. The summed E-state index contributed by atoms with van der Waals surface area (Å²) in [5.74, 6) is -1.67. The molecule has 3 unspecified atom stereocenters. The van der Waals surface area contributed by atoms with Crippen LogP contribution in [0.25, 0.3) is 0 Å². The van der Waals surface area contributed by atoms with Gasteiger partial charge in [0.2, 0.25) is 5.91 Å². The number of carbonyl (C=O) groups is 4. The van der Waals surface area contributed by atoms with Gasteiger partial charge in [-0.3, -0.25) is 19.3 Å². The molecule has 3 atom stereocenters. The Morgan fingerprint density at radius 2 is 1.96 bits per heavy atom. The third-order valence-corrected chi connectivity index (χ3v) is 4.16. The number of hydrogen-bond donors (Lipinski definition) is 1. The third kappa shape index (κ3) is 3.89. The third-order valence-electron chi connectivity index (χ3n) is 3.64. The van der Waals surface area contributed by atoms with Crippen molar-refractivity contribution in [2.45, 2.75) is 18.5 Å². The van der Waals surface area contributed by atoms with Crippen LogP contribution < -0.4 is 0 Å². The molecule has 0 saturated carbocycles. The topological polar surface area (TPSA) is 121 Å². The average Bonchev–Trinajstić information content (AvgIpc) is 2.97. The van der Waals surface area contributed by atoms with Crippen molar-refractivity contribution in [1.82, 2.24) is 9.80 Å². The fourth-order valence-electron chi connectivity index (χ4n) is 2.62. The van der Waals surface area contributed by atoms with Crippen molar-refractivity contribution in [3.8, 4) is 0 Å². The van der Waals surface area contributed by atoms with E-state index in [-0.39, 0.29) is 31.9 Å². The highest BCUT2D eigenvalue weighted by atomic mass is 32.2. The zero-order valence-electron chi connectivity index (χ0n) is 12.1. The Bertz CT molecular complexity index is 559. The fourth-order valence-corrected chi connectivity index (χ4v) is 2.88. The lowest BCUT2D eigenvalue weighted by molar-refractivity contribution is -0.146. The Kier molecular flexibility index (Phi) is 5.74. The van der Waals surface area contributed by atoms with E-state index in [0.29, 0.717) is 6.29 Å². The molecule has 2 rings (SSSR count). The first-order chi connectivity index (χ1) is 11.0. The number of amides is 3. The van der Waals surface area contributed by atoms with Gasteiger partial charge in [0.1, 0.15) is 12.3 Å². The molecular formula is C13H16N2O7S. The van der Waals surface area contributed by atoms with Crippen LogP contribution in [0.15, 0.2) is 12.2 Å². The van der Waals surface area contributed by atoms with E-state index in [2.05, 4.69) is 0 Å². The van der Waals surface area contributed by atoms with Crippen LogP contribution in [0.4, 0.5) is 0 Å². The predicted octanol–water partition coefficient (Wildman–Crippen LogP) is -1.68. The summed E-state index contributed by atoms with van der Waals surface area (Å²) in [6.45, 7) is -0.0909. The van der Waals surface area contributed by atoms with E-state index in [1.165, 1.54) is 4.90 Å². The molecule has 0 aromatic carbocycles. The number of nitrogens with zero attached hydrogens (tertiary/aromatic N) is 2. The van der Waals surface area contributed by atoms with Gasteiger partial charge in [0.25, 0.3) is 11.8 Å². The predicted molar refractivity (Wildman–Crippen MR) is 77.4 cm³/mol. The fraction of sp³-hybridized carbons (Fsp3) is 0.538. The Morgan fingerprint density at radius 1 is 1.30 bits per heavy atom. The molecule has 0 aromatic heterocycles. The van der Waals surface area contributed by atoms with Crippen molar-refractivity contribution < 1.29 is 32.7 Å². The summed E-state index contributed by atoms with van der Waals surface area (Å²) in [6, 6.07) is -1.43. The van der Waals surface area contributed by atoms with Crippen LogP contribution in [-0.4, -0.2) is 80.2 Å². The molecule has 126 valence electrons. The summed E-state index contributed by atoms with van der Waals surface area (Å²) in [7, 11) is 0. The van der Waals surface area contributed by atoms with Gasteiger partial charge in [-0.05, 0) is 0 Å². The molecule has 0 bridgehead atoms. The second-order valence-corrected chi connectivity index (χ2v) is 6.09. The lowest BCUT2D eigenvalue weighted by atomic mass is 10.1. The quantitative estimate of drug-likeness (QED) is 0.241. The van der Waals surface area contributed by atoms with Crippen molar-refractivity contribution in [3.63, 3.8) is 0 Å². The Balaban J connectivity index is 2.02. The van der Waals surface area contributed by atoms with Gasteiger partial charge < -0.3 is 19.0 Å². The molecule has 0 spiro atoms. The summed E-state index contributed by atoms with van der Waals surface area (Å²) >= 11 is -1.97. The minimum absolute atomic E-state index is 0.0243. The zero-order chi connectivity index (χ0) is 17.0. The van der Waals surface area contributed by atoms with E-state index >= 15 is 0 Å². The van der Waals surface area contributed by atoms with E-state index in [1.54, 1.807) is 0 Å². The maximum Gasteiger partial charge on any atom is 0.254 e. The zero-order valence-corrected chi connectivity index (χ0v) is 12.9. The molecule has 0 radical (unpaired) electrons. The first-order valence-electron chi connectivity index (χ1n) is 6.90. The van der Waals surface area contributed by atoms with Crippen LogP contribution in [-0.2, 0) is 35.0 Å². The number of imide groups is 1. The molecule has 2 aliphatic rings. The molecule has 10 heteroatoms. The molecule has 23 heavy (non-hydrogen) atoms. The molecule has 2 heterocycles. The Morgan fingerprint density at radius 3 is 2.52 bits per heavy atom. The lowest BCUT2D eigenvalue weighted by Gasteiger charge is -2.22. The number of rotatable bonds is 8. The molecule has 2 aliphatic heterocycles. The lowest BCUT2D eigenvalue weighted by Crippen LogP contribution is -2.45. The molecule has 1 saturated heterocycles. The molecular weight excluding hydrogens is 328 g/mol. The smallest absolute Gasteiger partial charge is 0.254 e. The van der Waals surface area contributed by atoms with Crippen LogP contribution in [0.3, 0.4) is 0 Å². The van der Waals surface area contributed by atoms with Crippen molar-refractivity contribution >= 4 is 35.1 Å². The number of ether oxygens (including phenoxy) is 1. The monoisotopic (exact) mass is 344 g/mol. The first-order valence-corrected chi connectivity index (χ1v) is 8.17. The van der Waals surface area contributed by atoms with E-state index in [9.17, 15) is 23.4 Å². The van der Waals surface area contributed by atoms with E-state index in [4.69, 9.17) is 9.29 Å². The van der Waals surface area contributed by atoms with Gasteiger partial charge in [0.05, 0.1) is 31.6 Å². The number of likely N-dealkylation sites (tertiary alicyclic amines) is 1. The van der Waals surface area contributed by atoms with Gasteiger partial charge >= 0.3 is 0 Å². The van der Waals surface area contributed by atoms with Gasteiger partial charge in [-0.15, -0.1) is 0 Å². The Labute approximate surface area is 134 Å². The standard InChI is InChI=1S/C13H16N2O7S/c16-4-3-14-9(8-22-5-6-23(20)21)7-10(13(14)19)15-11(17)1-2-12(15)18/h1-2,4,9-10H,3,5-8H2,(H,20,21). The second-order valence-electron chi connectivity index (χ2n) is 5.04. The average molecular weight is 344 g/mol. The second kappa shape index (κ2) is 7.57. The van der Waals surface area contributed by atoms with Gasteiger partial charge in [-0.1, -0.05) is 0 Å². The van der Waals surface area contributed by atoms with Crippen LogP contribution >= 0.6 is 0 Å². The van der Waals surface area contributed by atoms with Gasteiger partial charge in [-0.25, -0.2) is 4.21 Å². The van der Waals surface area contributed by atoms with Crippen LogP contribution in [0.5, 0.6) is 0 Å². The maximum absolute atomic E-state index is 12.4. The largest absolute Gasteiger partial charge is 0.378 e. The minimum Gasteiger partial charge on any atom is -0.378 e. The normalized spacial score (nSPS) is 25.5. The van der Waals surface area contributed by atoms with Gasteiger partial charge in [-0.2, -0.15) is 0 Å². The number of carbonyl (C=O) groups excluding carboxylic acids is 4. The van der Waals surface area contributed by atoms with Crippen molar-refractivity contribution in [3.05, 3.63) is 12.2 Å². The van der Waals surface area contributed by atoms with E-state index in [0.717, 1.165) is 17.1 Å².